The van der Waals surface area contributed by atoms with Gasteiger partial charge in [-0.25, -0.2) is 0 Å². The van der Waals surface area contributed by atoms with E-state index in [1.807, 2.05) is 13.8 Å². The molecule has 13 nitrogen and oxygen atoms in total. The average Bonchev–Trinajstić information content (AvgIpc) is 3.24. The zero-order chi connectivity index (χ0) is 37.5. The van der Waals surface area contributed by atoms with Crippen LogP contribution in [0.25, 0.3) is 0 Å². The SMILES string of the molecule is CCCCCCCC(CCCCCC(=O)OC1CCNC(=O)CC1)NC(=O)C(OC)C(OC(C)=O)C(OC(C)=O)C(/C=C/C(C)C)OC(C)=O. The van der Waals surface area contributed by atoms with Crippen LogP contribution in [-0.4, -0.2) is 85.9 Å². The van der Waals surface area contributed by atoms with Crippen LogP contribution in [-0.2, 0) is 52.5 Å². The minimum atomic E-state index is -1.44. The number of carbonyl (C=O) groups is 6. The Kier molecular flexibility index (Phi) is 22.7. The Labute approximate surface area is 298 Å². The van der Waals surface area contributed by atoms with Gasteiger partial charge in [0.1, 0.15) is 6.10 Å². The second-order valence-corrected chi connectivity index (χ2v) is 13.3. The lowest BCUT2D eigenvalue weighted by Gasteiger charge is -2.34. The largest absolute Gasteiger partial charge is 0.462 e. The number of rotatable bonds is 24. The second kappa shape index (κ2) is 25.5. The number of hydrogen-bond acceptors (Lipinski definition) is 11. The summed E-state index contributed by atoms with van der Waals surface area (Å²) in [6.07, 6.45) is 8.09. The Balaban J connectivity index is 3.06. The van der Waals surface area contributed by atoms with E-state index in [-0.39, 0.29) is 36.4 Å². The van der Waals surface area contributed by atoms with Crippen molar-refractivity contribution in [3.8, 4) is 0 Å². The molecule has 6 atom stereocenters. The molecule has 1 fully saturated rings. The number of carbonyl (C=O) groups excluding carboxylic acids is 6. The smallest absolute Gasteiger partial charge is 0.306 e. The first-order chi connectivity index (χ1) is 23.8. The summed E-state index contributed by atoms with van der Waals surface area (Å²) in [5, 5.41) is 5.85. The number of allylic oxidation sites excluding steroid dienone is 1. The van der Waals surface area contributed by atoms with Crippen LogP contribution in [0.2, 0.25) is 0 Å². The molecule has 0 saturated carbocycles. The topological polar surface area (TPSA) is 173 Å². The number of methoxy groups -OCH3 is 1. The molecule has 0 aromatic rings. The fourth-order valence-corrected chi connectivity index (χ4v) is 5.80. The van der Waals surface area contributed by atoms with Crippen molar-refractivity contribution in [2.75, 3.05) is 13.7 Å². The summed E-state index contributed by atoms with van der Waals surface area (Å²) >= 11 is 0. The molecule has 1 aliphatic rings. The number of ether oxygens (including phenoxy) is 5. The monoisotopic (exact) mass is 710 g/mol. The first kappa shape index (κ1) is 44.5. The molecule has 0 spiro atoms. The van der Waals surface area contributed by atoms with Crippen LogP contribution in [0, 0.1) is 5.92 Å². The van der Waals surface area contributed by atoms with Gasteiger partial charge >= 0.3 is 23.9 Å². The zero-order valence-electron chi connectivity index (χ0n) is 31.3. The Bertz CT molecular complexity index is 1090. The summed E-state index contributed by atoms with van der Waals surface area (Å²) in [4.78, 5) is 74.5. The van der Waals surface area contributed by atoms with Gasteiger partial charge in [-0.05, 0) is 37.7 Å². The molecule has 2 amide bonds. The van der Waals surface area contributed by atoms with Crippen LogP contribution < -0.4 is 10.6 Å². The molecule has 0 aromatic heterocycles. The van der Waals surface area contributed by atoms with E-state index in [2.05, 4.69) is 17.6 Å². The van der Waals surface area contributed by atoms with Gasteiger partial charge < -0.3 is 34.3 Å². The molecule has 1 saturated heterocycles. The van der Waals surface area contributed by atoms with Crippen molar-refractivity contribution in [3.63, 3.8) is 0 Å². The standard InChI is InChI=1S/C37H62N2O11/c1-8-9-10-11-13-16-29(17-14-12-15-18-33(44)50-30-20-22-32(43)38-24-23-30)39-37(45)36(46-7)35(49-28(6)42)34(48-27(5)41)31(47-26(4)40)21-19-25(2)3/h19,21,25,29-31,34-36H,8-18,20,22-24H2,1-7H3,(H,38,43)(H,39,45)/b21-19+. The van der Waals surface area contributed by atoms with E-state index in [9.17, 15) is 28.8 Å². The highest BCUT2D eigenvalue weighted by Gasteiger charge is 2.44. The molecule has 6 unspecified atom stereocenters. The van der Waals surface area contributed by atoms with E-state index in [0.29, 0.717) is 45.1 Å². The van der Waals surface area contributed by atoms with Gasteiger partial charge in [-0.1, -0.05) is 71.8 Å². The molecular formula is C37H62N2O11. The van der Waals surface area contributed by atoms with Crippen molar-refractivity contribution in [3.05, 3.63) is 12.2 Å². The van der Waals surface area contributed by atoms with E-state index in [4.69, 9.17) is 23.7 Å². The molecule has 50 heavy (non-hydrogen) atoms. The molecule has 1 heterocycles. The maximum atomic E-state index is 13.9. The summed E-state index contributed by atoms with van der Waals surface area (Å²) in [7, 11) is 1.29. The highest BCUT2D eigenvalue weighted by molar-refractivity contribution is 5.82. The first-order valence-electron chi connectivity index (χ1n) is 18.3. The van der Waals surface area contributed by atoms with Crippen molar-refractivity contribution in [2.45, 2.75) is 168 Å². The van der Waals surface area contributed by atoms with Crippen LogP contribution >= 0.6 is 0 Å². The lowest BCUT2D eigenvalue weighted by molar-refractivity contribution is -0.191. The van der Waals surface area contributed by atoms with E-state index in [1.54, 1.807) is 12.2 Å². The molecule has 0 aromatic carbocycles. The van der Waals surface area contributed by atoms with Crippen LogP contribution in [0.1, 0.15) is 131 Å². The van der Waals surface area contributed by atoms with Crippen LogP contribution in [0.4, 0.5) is 0 Å². The Morgan fingerprint density at radius 1 is 0.820 bits per heavy atom. The van der Waals surface area contributed by atoms with Gasteiger partial charge in [-0.3, -0.25) is 28.8 Å². The maximum Gasteiger partial charge on any atom is 0.306 e. The minimum Gasteiger partial charge on any atom is -0.462 e. The molecule has 1 rings (SSSR count). The molecule has 2 N–H and O–H groups in total. The van der Waals surface area contributed by atoms with Gasteiger partial charge in [0.2, 0.25) is 5.91 Å². The third kappa shape index (κ3) is 19.6. The van der Waals surface area contributed by atoms with Crippen molar-refractivity contribution in [2.24, 2.45) is 5.92 Å². The van der Waals surface area contributed by atoms with Gasteiger partial charge in [-0.2, -0.15) is 0 Å². The number of nitrogens with one attached hydrogen (secondary N) is 2. The van der Waals surface area contributed by atoms with E-state index >= 15 is 0 Å². The molecule has 0 aliphatic carbocycles. The zero-order valence-corrected chi connectivity index (χ0v) is 31.3. The molecule has 13 heteroatoms. The number of amides is 2. The van der Waals surface area contributed by atoms with Crippen LogP contribution in [0.5, 0.6) is 0 Å². The number of esters is 4. The fourth-order valence-electron chi connectivity index (χ4n) is 5.80. The Hall–Kier alpha value is -3.48. The maximum absolute atomic E-state index is 13.9. The predicted molar refractivity (Wildman–Crippen MR) is 187 cm³/mol. The summed E-state index contributed by atoms with van der Waals surface area (Å²) in [5.41, 5.74) is 0. The fraction of sp³-hybridized carbons (Fsp3) is 0.784. The van der Waals surface area contributed by atoms with Crippen LogP contribution in [0.3, 0.4) is 0 Å². The average molecular weight is 711 g/mol. The van der Waals surface area contributed by atoms with Crippen molar-refractivity contribution in [1.29, 1.82) is 0 Å². The number of unbranched alkanes of at least 4 members (excludes halogenated alkanes) is 6. The lowest BCUT2D eigenvalue weighted by atomic mass is 9.97. The highest BCUT2D eigenvalue weighted by Crippen LogP contribution is 2.22. The van der Waals surface area contributed by atoms with Gasteiger partial charge in [0.25, 0.3) is 5.91 Å². The van der Waals surface area contributed by atoms with Gasteiger partial charge in [0, 0.05) is 59.7 Å². The Morgan fingerprint density at radius 2 is 1.42 bits per heavy atom. The second-order valence-electron chi connectivity index (χ2n) is 13.3. The molecule has 0 radical (unpaired) electrons. The van der Waals surface area contributed by atoms with Gasteiger partial charge in [0.15, 0.2) is 24.4 Å². The van der Waals surface area contributed by atoms with E-state index in [1.165, 1.54) is 21.0 Å². The van der Waals surface area contributed by atoms with Crippen molar-refractivity contribution >= 4 is 35.7 Å². The normalized spacial score (nSPS) is 17.8. The lowest BCUT2D eigenvalue weighted by Crippen LogP contribution is -2.56. The first-order valence-corrected chi connectivity index (χ1v) is 18.3. The van der Waals surface area contributed by atoms with Gasteiger partial charge in [-0.15, -0.1) is 0 Å². The third-order valence-corrected chi connectivity index (χ3v) is 8.27. The molecule has 286 valence electrons. The summed E-state index contributed by atoms with van der Waals surface area (Å²) < 4.78 is 27.8. The third-order valence-electron chi connectivity index (χ3n) is 8.27. The molecule has 0 bridgehead atoms. The van der Waals surface area contributed by atoms with Crippen molar-refractivity contribution in [1.82, 2.24) is 10.6 Å². The quantitative estimate of drug-likeness (QED) is 0.0597. The highest BCUT2D eigenvalue weighted by atomic mass is 16.6. The predicted octanol–water partition coefficient (Wildman–Crippen LogP) is 5.02. The summed E-state index contributed by atoms with van der Waals surface area (Å²) in [5.74, 6) is -2.95. The molecular weight excluding hydrogens is 648 g/mol. The summed E-state index contributed by atoms with van der Waals surface area (Å²) in [6.45, 7) is 10.00. The molecule has 1 aliphatic heterocycles. The van der Waals surface area contributed by atoms with Crippen molar-refractivity contribution < 1.29 is 52.5 Å². The van der Waals surface area contributed by atoms with E-state index in [0.717, 1.165) is 51.9 Å². The van der Waals surface area contributed by atoms with E-state index < -0.39 is 48.2 Å². The summed E-state index contributed by atoms with van der Waals surface area (Å²) in [6, 6.07) is -0.236. The Morgan fingerprint density at radius 3 is 2.00 bits per heavy atom. The minimum absolute atomic E-state index is 0.0246. The number of hydrogen-bond donors (Lipinski definition) is 2. The van der Waals surface area contributed by atoms with Crippen LogP contribution in [0.15, 0.2) is 12.2 Å². The van der Waals surface area contributed by atoms with Gasteiger partial charge in [0.05, 0.1) is 0 Å².